The molecule has 9 rings (SSSR count). The first-order valence-electron chi connectivity index (χ1n) is 16.1. The molecule has 0 radical (unpaired) electrons. The first-order valence-corrected chi connectivity index (χ1v) is 16.1. The summed E-state index contributed by atoms with van der Waals surface area (Å²) in [4.78, 5) is 18.4. The number of benzene rings is 7. The highest BCUT2D eigenvalue weighted by molar-refractivity contribution is 6.11. The van der Waals surface area contributed by atoms with Crippen molar-refractivity contribution in [3.05, 3.63) is 175 Å². The van der Waals surface area contributed by atoms with Crippen molar-refractivity contribution in [1.82, 2.24) is 19.5 Å². The van der Waals surface area contributed by atoms with E-state index in [1.54, 1.807) is 0 Å². The van der Waals surface area contributed by atoms with E-state index in [0.717, 1.165) is 55.3 Å². The van der Waals surface area contributed by atoms with Gasteiger partial charge in [0.25, 0.3) is 0 Å². The lowest BCUT2D eigenvalue weighted by atomic mass is 10.0. The van der Waals surface area contributed by atoms with Gasteiger partial charge in [0.15, 0.2) is 23.2 Å². The van der Waals surface area contributed by atoms with E-state index in [4.69, 9.17) is 21.5 Å². The molecule has 5 heteroatoms. The van der Waals surface area contributed by atoms with E-state index in [-0.39, 0.29) is 0 Å². The van der Waals surface area contributed by atoms with Crippen LogP contribution >= 0.6 is 0 Å². The monoisotopic (exact) mass is 625 g/mol. The predicted molar refractivity (Wildman–Crippen MR) is 200 cm³/mol. The maximum Gasteiger partial charge on any atom is 0.188 e. The van der Waals surface area contributed by atoms with Crippen LogP contribution in [0.25, 0.3) is 88.4 Å². The standard InChI is InChI=1S/C44H27N5/c1-45-36-22-25-41-39(28-36)38-27-35(21-24-40(38)49(41)37-23-20-29-10-8-9-15-34(29)26-37)30-16-18-33(19-17-30)44-47-42(31-11-4-2-5-12-31)46-43(48-44)32-13-6-3-7-14-32/h2-28H. The van der Waals surface area contributed by atoms with Crippen molar-refractivity contribution < 1.29 is 0 Å². The fraction of sp³-hybridized carbons (Fsp3) is 0. The second-order valence-electron chi connectivity index (χ2n) is 12.0. The molecule has 2 heterocycles. The maximum atomic E-state index is 7.68. The van der Waals surface area contributed by atoms with Gasteiger partial charge in [-0.1, -0.05) is 127 Å². The van der Waals surface area contributed by atoms with Crippen LogP contribution in [0.2, 0.25) is 0 Å². The minimum atomic E-state index is 0.625. The van der Waals surface area contributed by atoms with Crippen LogP contribution in [0.1, 0.15) is 0 Å². The van der Waals surface area contributed by atoms with E-state index in [2.05, 4.69) is 100 Å². The molecule has 5 nitrogen and oxygen atoms in total. The van der Waals surface area contributed by atoms with Gasteiger partial charge in [0.1, 0.15) is 0 Å². The predicted octanol–water partition coefficient (Wildman–Crippen LogP) is 11.3. The molecule has 0 aliphatic rings. The number of fused-ring (bicyclic) bond motifs is 4. The molecule has 9 aromatic rings. The van der Waals surface area contributed by atoms with Gasteiger partial charge in [-0.3, -0.25) is 0 Å². The van der Waals surface area contributed by atoms with Crippen molar-refractivity contribution >= 4 is 38.3 Å². The zero-order chi connectivity index (χ0) is 32.7. The SMILES string of the molecule is [C-]#[N+]c1ccc2c(c1)c1cc(-c3ccc(-c4nc(-c5ccccc5)nc(-c5ccccc5)n4)cc3)ccc1n2-c1ccc2ccccc2c1. The lowest BCUT2D eigenvalue weighted by Crippen LogP contribution is -2.00. The highest BCUT2D eigenvalue weighted by Crippen LogP contribution is 2.37. The minimum absolute atomic E-state index is 0.625. The van der Waals surface area contributed by atoms with Gasteiger partial charge >= 0.3 is 0 Å². The minimum Gasteiger partial charge on any atom is -0.309 e. The number of rotatable bonds is 5. The molecule has 0 atom stereocenters. The van der Waals surface area contributed by atoms with Crippen LogP contribution in [0.3, 0.4) is 0 Å². The van der Waals surface area contributed by atoms with Gasteiger partial charge < -0.3 is 4.57 Å². The average molecular weight is 626 g/mol. The van der Waals surface area contributed by atoms with Crippen LogP contribution in [-0.2, 0) is 0 Å². The molecule has 0 saturated heterocycles. The third kappa shape index (κ3) is 5.09. The molecule has 0 unspecified atom stereocenters. The van der Waals surface area contributed by atoms with Crippen LogP contribution < -0.4 is 0 Å². The number of aromatic nitrogens is 4. The fourth-order valence-corrected chi connectivity index (χ4v) is 6.60. The molecule has 2 aromatic heterocycles. The van der Waals surface area contributed by atoms with E-state index >= 15 is 0 Å². The summed E-state index contributed by atoms with van der Waals surface area (Å²) in [5.41, 5.74) is 8.86. The summed E-state index contributed by atoms with van der Waals surface area (Å²) in [5.74, 6) is 1.90. The van der Waals surface area contributed by atoms with Crippen LogP contribution in [-0.4, -0.2) is 19.5 Å². The topological polar surface area (TPSA) is 48.0 Å². The second-order valence-corrected chi connectivity index (χ2v) is 12.0. The Morgan fingerprint density at radius 3 is 1.55 bits per heavy atom. The van der Waals surface area contributed by atoms with Crippen LogP contribution in [0, 0.1) is 6.57 Å². The Hall–Kier alpha value is -6.90. The summed E-state index contributed by atoms with van der Waals surface area (Å²) in [6.07, 6.45) is 0. The molecular formula is C44H27N5. The third-order valence-electron chi connectivity index (χ3n) is 9.04. The normalized spacial score (nSPS) is 11.2. The van der Waals surface area contributed by atoms with Crippen molar-refractivity contribution in [1.29, 1.82) is 0 Å². The van der Waals surface area contributed by atoms with Crippen molar-refractivity contribution in [2.75, 3.05) is 0 Å². The van der Waals surface area contributed by atoms with Gasteiger partial charge in [-0.25, -0.2) is 19.8 Å². The second kappa shape index (κ2) is 11.7. The van der Waals surface area contributed by atoms with E-state index in [0.29, 0.717) is 23.2 Å². The molecule has 0 fully saturated rings. The van der Waals surface area contributed by atoms with Gasteiger partial charge in [-0.15, -0.1) is 0 Å². The Morgan fingerprint density at radius 1 is 0.408 bits per heavy atom. The Bertz CT molecular complexity index is 2650. The van der Waals surface area contributed by atoms with E-state index < -0.39 is 0 Å². The summed E-state index contributed by atoms with van der Waals surface area (Å²) in [7, 11) is 0. The van der Waals surface area contributed by atoms with Crippen LogP contribution in [0.5, 0.6) is 0 Å². The zero-order valence-corrected chi connectivity index (χ0v) is 26.3. The molecule has 0 saturated carbocycles. The Morgan fingerprint density at radius 2 is 0.918 bits per heavy atom. The van der Waals surface area contributed by atoms with Gasteiger partial charge in [0.05, 0.1) is 17.6 Å². The van der Waals surface area contributed by atoms with Gasteiger partial charge in [0.2, 0.25) is 0 Å². The molecule has 0 bridgehead atoms. The lowest BCUT2D eigenvalue weighted by molar-refractivity contribution is 1.07. The van der Waals surface area contributed by atoms with E-state index in [1.807, 2.05) is 72.8 Å². The Kier molecular flexibility index (Phi) is 6.78. The molecule has 0 N–H and O–H groups in total. The highest BCUT2D eigenvalue weighted by atomic mass is 15.0. The molecule has 0 spiro atoms. The average Bonchev–Trinajstić information content (AvgIpc) is 3.51. The zero-order valence-electron chi connectivity index (χ0n) is 26.3. The van der Waals surface area contributed by atoms with Crippen molar-refractivity contribution in [3.63, 3.8) is 0 Å². The van der Waals surface area contributed by atoms with E-state index in [9.17, 15) is 0 Å². The van der Waals surface area contributed by atoms with Crippen LogP contribution in [0.15, 0.2) is 164 Å². The quantitative estimate of drug-likeness (QED) is 0.179. The van der Waals surface area contributed by atoms with Crippen LogP contribution in [0.4, 0.5) is 5.69 Å². The third-order valence-corrected chi connectivity index (χ3v) is 9.04. The first-order chi connectivity index (χ1) is 24.2. The smallest absolute Gasteiger partial charge is 0.188 e. The Balaban J connectivity index is 1.14. The van der Waals surface area contributed by atoms with Crippen molar-refractivity contribution in [2.24, 2.45) is 0 Å². The summed E-state index contributed by atoms with van der Waals surface area (Å²) < 4.78 is 2.30. The first kappa shape index (κ1) is 28.3. The molecule has 49 heavy (non-hydrogen) atoms. The van der Waals surface area contributed by atoms with Gasteiger partial charge in [0, 0.05) is 27.8 Å². The number of hydrogen-bond acceptors (Lipinski definition) is 3. The summed E-state index contributed by atoms with van der Waals surface area (Å²) in [5, 5.41) is 4.56. The molecule has 7 aromatic carbocycles. The summed E-state index contributed by atoms with van der Waals surface area (Å²) in [6.45, 7) is 7.68. The van der Waals surface area contributed by atoms with Gasteiger partial charge in [-0.2, -0.15) is 0 Å². The van der Waals surface area contributed by atoms with Crippen molar-refractivity contribution in [3.8, 4) is 51.0 Å². The molecule has 0 aliphatic carbocycles. The van der Waals surface area contributed by atoms with Gasteiger partial charge in [-0.05, 0) is 63.7 Å². The molecule has 0 amide bonds. The highest BCUT2D eigenvalue weighted by Gasteiger charge is 2.16. The molecular weight excluding hydrogens is 599 g/mol. The number of hydrogen-bond donors (Lipinski definition) is 0. The fourth-order valence-electron chi connectivity index (χ4n) is 6.60. The number of nitrogens with zero attached hydrogens (tertiary/aromatic N) is 5. The Labute approximate surface area is 283 Å². The largest absolute Gasteiger partial charge is 0.309 e. The summed E-state index contributed by atoms with van der Waals surface area (Å²) >= 11 is 0. The maximum absolute atomic E-state index is 7.68. The van der Waals surface area contributed by atoms with E-state index in [1.165, 1.54) is 10.8 Å². The molecule has 0 aliphatic heterocycles. The summed E-state index contributed by atoms with van der Waals surface area (Å²) in [6, 6.07) is 56.0. The molecule has 228 valence electrons. The lowest BCUT2D eigenvalue weighted by Gasteiger charge is -2.10. The van der Waals surface area contributed by atoms with Crippen molar-refractivity contribution in [2.45, 2.75) is 0 Å².